The number of aliphatic carboxylic acids is 1. The lowest BCUT2D eigenvalue weighted by molar-refractivity contribution is -0.151. The summed E-state index contributed by atoms with van der Waals surface area (Å²) in [6.45, 7) is 0.0122. The average molecular weight is 706 g/mol. The summed E-state index contributed by atoms with van der Waals surface area (Å²) < 4.78 is 7.45. The molecule has 1 aliphatic rings. The number of benzene rings is 5. The Bertz CT molecular complexity index is 2120. The lowest BCUT2D eigenvalue weighted by Crippen LogP contribution is -2.54. The zero-order chi connectivity index (χ0) is 36.8. The number of hydrazine groups is 1. The third-order valence-electron chi connectivity index (χ3n) is 9.46. The number of nitrogens with one attached hydrogen (secondary N) is 3. The largest absolute Gasteiger partial charge is 0.474 e. The predicted octanol–water partition coefficient (Wildman–Crippen LogP) is 5.41. The molecule has 1 heterocycles. The van der Waals surface area contributed by atoms with Crippen LogP contribution in [0.25, 0.3) is 11.1 Å². The van der Waals surface area contributed by atoms with Gasteiger partial charge in [0.05, 0.1) is 12.0 Å². The van der Waals surface area contributed by atoms with Crippen LogP contribution < -0.4 is 16.2 Å². The molecule has 0 radical (unpaired) electrons. The first-order chi connectivity index (χ1) is 25.9. The Hall–Kier alpha value is -7.01. The van der Waals surface area contributed by atoms with E-state index in [2.05, 4.69) is 21.2 Å². The fraction of sp³-hybridized carbons (Fsp3) is 0.119. The number of carboxylic acids is 1. The minimum atomic E-state index is -1.77. The number of fused-ring (bicyclic) bond motifs is 3. The van der Waals surface area contributed by atoms with E-state index in [0.29, 0.717) is 5.69 Å². The molecule has 0 bridgehead atoms. The van der Waals surface area contributed by atoms with Gasteiger partial charge in [-0.3, -0.25) is 15.0 Å². The molecule has 1 aliphatic carbocycles. The van der Waals surface area contributed by atoms with Gasteiger partial charge in [-0.15, -0.1) is 0 Å². The zero-order valence-corrected chi connectivity index (χ0v) is 28.4. The van der Waals surface area contributed by atoms with Crippen molar-refractivity contribution in [3.63, 3.8) is 0 Å². The van der Waals surface area contributed by atoms with E-state index in [-0.39, 0.29) is 18.9 Å². The molecule has 5 aromatic carbocycles. The Morgan fingerprint density at radius 2 is 1.19 bits per heavy atom. The second kappa shape index (κ2) is 15.1. The fourth-order valence-electron chi connectivity index (χ4n) is 7.11. The van der Waals surface area contributed by atoms with E-state index in [1.807, 2.05) is 144 Å². The number of hydrogen-bond acceptors (Lipinski definition) is 6. The van der Waals surface area contributed by atoms with Gasteiger partial charge < -0.3 is 19.7 Å². The molecule has 3 amide bonds. The standard InChI is InChI=1S/C42H35N5O6/c48-38(45-46-41(52)53-26-36-34-22-12-10-20-32(34)33-21-11-13-23-35(33)36)37(44-39(49)40(50)51)24-31-25-47(27-43-31)42(28-14-4-1-5-15-28,29-16-6-2-7-17-29)30-18-8-3-9-19-30/h1-23,25,27,36-37H,24,26H2,(H,44,49)(H,45,48)(H,46,52)(H,50,51)/t37-/m1/s1. The monoisotopic (exact) mass is 705 g/mol. The lowest BCUT2D eigenvalue weighted by atomic mass is 9.77. The first-order valence-electron chi connectivity index (χ1n) is 17.0. The maximum absolute atomic E-state index is 13.4. The quantitative estimate of drug-likeness (QED) is 0.0846. The molecule has 0 unspecified atom stereocenters. The molecule has 1 atom stereocenters. The van der Waals surface area contributed by atoms with Crippen molar-refractivity contribution < 1.29 is 29.0 Å². The Morgan fingerprint density at radius 1 is 0.698 bits per heavy atom. The van der Waals surface area contributed by atoms with E-state index < -0.39 is 35.5 Å². The van der Waals surface area contributed by atoms with Gasteiger partial charge in [0.25, 0.3) is 5.91 Å². The van der Waals surface area contributed by atoms with Gasteiger partial charge >= 0.3 is 18.0 Å². The first kappa shape index (κ1) is 34.4. The van der Waals surface area contributed by atoms with Gasteiger partial charge in [0.15, 0.2) is 0 Å². The molecule has 0 saturated heterocycles. The van der Waals surface area contributed by atoms with Crippen molar-refractivity contribution in [3.05, 3.63) is 186 Å². The summed E-state index contributed by atoms with van der Waals surface area (Å²) in [7, 11) is 0. The minimum Gasteiger partial charge on any atom is -0.474 e. The summed E-state index contributed by atoms with van der Waals surface area (Å²) >= 11 is 0. The molecule has 4 N–H and O–H groups in total. The Morgan fingerprint density at radius 3 is 1.70 bits per heavy atom. The summed E-state index contributed by atoms with van der Waals surface area (Å²) in [5.74, 6) is -4.23. The van der Waals surface area contributed by atoms with Crippen LogP contribution in [0.1, 0.15) is 39.4 Å². The molecule has 6 aromatic rings. The van der Waals surface area contributed by atoms with Crippen molar-refractivity contribution in [2.24, 2.45) is 0 Å². The number of carbonyl (C=O) groups excluding carboxylic acids is 3. The summed E-state index contributed by atoms with van der Waals surface area (Å²) in [6, 6.07) is 44.1. The van der Waals surface area contributed by atoms with Gasteiger partial charge in [-0.2, -0.15) is 0 Å². The summed E-state index contributed by atoms with van der Waals surface area (Å²) in [5, 5.41) is 11.6. The lowest BCUT2D eigenvalue weighted by Gasteiger charge is -2.37. The second-order valence-electron chi connectivity index (χ2n) is 12.6. The van der Waals surface area contributed by atoms with Crippen LogP contribution in [0, 0.1) is 0 Å². The van der Waals surface area contributed by atoms with Crippen LogP contribution in [0.15, 0.2) is 152 Å². The van der Waals surface area contributed by atoms with E-state index in [0.717, 1.165) is 38.9 Å². The van der Waals surface area contributed by atoms with Crippen molar-refractivity contribution in [3.8, 4) is 11.1 Å². The molecule has 7 rings (SSSR count). The molecule has 0 aliphatic heterocycles. The van der Waals surface area contributed by atoms with Crippen molar-refractivity contribution in [1.82, 2.24) is 25.7 Å². The van der Waals surface area contributed by atoms with E-state index in [1.54, 1.807) is 12.5 Å². The Balaban J connectivity index is 1.11. The number of rotatable bonds is 10. The highest BCUT2D eigenvalue weighted by Crippen LogP contribution is 2.44. The number of carbonyl (C=O) groups is 4. The van der Waals surface area contributed by atoms with E-state index in [9.17, 15) is 24.3 Å². The second-order valence-corrected chi connectivity index (χ2v) is 12.6. The van der Waals surface area contributed by atoms with Gasteiger partial charge in [-0.05, 0) is 38.9 Å². The van der Waals surface area contributed by atoms with Crippen molar-refractivity contribution in [2.75, 3.05) is 6.61 Å². The van der Waals surface area contributed by atoms with Crippen LogP contribution in [0.4, 0.5) is 4.79 Å². The molecule has 11 heteroatoms. The number of aromatic nitrogens is 2. The van der Waals surface area contributed by atoms with Gasteiger partial charge in [0.2, 0.25) is 0 Å². The molecule has 11 nitrogen and oxygen atoms in total. The summed E-state index contributed by atoms with van der Waals surface area (Å²) in [4.78, 5) is 54.7. The first-order valence-corrected chi connectivity index (χ1v) is 17.0. The van der Waals surface area contributed by atoms with E-state index in [1.165, 1.54) is 0 Å². The van der Waals surface area contributed by atoms with Gasteiger partial charge in [0, 0.05) is 18.5 Å². The predicted molar refractivity (Wildman–Crippen MR) is 196 cm³/mol. The molecule has 53 heavy (non-hydrogen) atoms. The van der Waals surface area contributed by atoms with E-state index >= 15 is 0 Å². The molecule has 0 spiro atoms. The zero-order valence-electron chi connectivity index (χ0n) is 28.4. The normalized spacial score (nSPS) is 12.5. The summed E-state index contributed by atoms with van der Waals surface area (Å²) in [5.41, 5.74) is 11.0. The number of carboxylic acid groups (broad SMARTS) is 1. The van der Waals surface area contributed by atoms with Crippen molar-refractivity contribution in [1.29, 1.82) is 0 Å². The van der Waals surface area contributed by atoms with Gasteiger partial charge in [-0.1, -0.05) is 140 Å². The Kier molecular flexibility index (Phi) is 9.80. The van der Waals surface area contributed by atoms with Gasteiger partial charge in [0.1, 0.15) is 18.2 Å². The van der Waals surface area contributed by atoms with Crippen LogP contribution in [0.3, 0.4) is 0 Å². The number of amides is 3. The highest BCUT2D eigenvalue weighted by atomic mass is 16.6. The molecule has 0 saturated carbocycles. The van der Waals surface area contributed by atoms with Crippen LogP contribution >= 0.6 is 0 Å². The molecule has 1 aromatic heterocycles. The molecular weight excluding hydrogens is 670 g/mol. The maximum Gasteiger partial charge on any atom is 0.426 e. The Labute approximate surface area is 305 Å². The van der Waals surface area contributed by atoms with Crippen LogP contribution in [0.5, 0.6) is 0 Å². The smallest absolute Gasteiger partial charge is 0.426 e. The van der Waals surface area contributed by atoms with E-state index in [4.69, 9.17) is 4.74 Å². The average Bonchev–Trinajstić information content (AvgIpc) is 3.80. The van der Waals surface area contributed by atoms with Crippen molar-refractivity contribution >= 4 is 23.9 Å². The minimum absolute atomic E-state index is 0.0122. The molecular formula is C42H35N5O6. The highest BCUT2D eigenvalue weighted by molar-refractivity contribution is 6.32. The highest BCUT2D eigenvalue weighted by Gasteiger charge is 2.39. The molecule has 0 fully saturated rings. The van der Waals surface area contributed by atoms with Crippen LogP contribution in [-0.4, -0.2) is 51.2 Å². The number of hydrogen-bond donors (Lipinski definition) is 4. The maximum atomic E-state index is 13.4. The summed E-state index contributed by atoms with van der Waals surface area (Å²) in [6.07, 6.45) is 2.29. The third kappa shape index (κ3) is 6.87. The fourth-order valence-corrected chi connectivity index (χ4v) is 7.11. The van der Waals surface area contributed by atoms with Crippen molar-refractivity contribution in [2.45, 2.75) is 23.9 Å². The third-order valence-corrected chi connectivity index (χ3v) is 9.46. The number of nitrogens with zero attached hydrogens (tertiary/aromatic N) is 2. The van der Waals surface area contributed by atoms with Crippen LogP contribution in [0.2, 0.25) is 0 Å². The van der Waals surface area contributed by atoms with Gasteiger partial charge in [-0.25, -0.2) is 20.0 Å². The number of imidazole rings is 1. The topological polar surface area (TPSA) is 152 Å². The number of ether oxygens (including phenoxy) is 1. The molecule has 264 valence electrons. The SMILES string of the molecule is O=C(NNC(=O)[C@@H](Cc1cn(C(c2ccccc2)(c2ccccc2)c2ccccc2)cn1)NC(=O)C(=O)O)OCC1c2ccccc2-c2ccccc21. The van der Waals surface area contributed by atoms with Crippen LogP contribution in [-0.2, 0) is 31.1 Å².